The SMILES string of the molecule is N#CCCCCN1C(=O)CSc2ccccc21. The van der Waals surface area contributed by atoms with Gasteiger partial charge in [0.25, 0.3) is 0 Å². The molecule has 1 heterocycles. The molecule has 0 saturated heterocycles. The lowest BCUT2D eigenvalue weighted by atomic mass is 10.2. The van der Waals surface area contributed by atoms with Gasteiger partial charge in [0, 0.05) is 17.9 Å². The average molecular weight is 246 g/mol. The van der Waals surface area contributed by atoms with Crippen molar-refractivity contribution in [2.75, 3.05) is 17.2 Å². The highest BCUT2D eigenvalue weighted by Gasteiger charge is 2.23. The van der Waals surface area contributed by atoms with Crippen molar-refractivity contribution in [3.63, 3.8) is 0 Å². The Balaban J connectivity index is 2.05. The van der Waals surface area contributed by atoms with Gasteiger partial charge in [0.2, 0.25) is 5.91 Å². The number of para-hydroxylation sites is 1. The Hall–Kier alpha value is -1.47. The predicted molar refractivity (Wildman–Crippen MR) is 69.0 cm³/mol. The summed E-state index contributed by atoms with van der Waals surface area (Å²) in [6.45, 7) is 0.720. The van der Waals surface area contributed by atoms with Crippen molar-refractivity contribution < 1.29 is 4.79 Å². The number of nitrogens with zero attached hydrogens (tertiary/aromatic N) is 2. The summed E-state index contributed by atoms with van der Waals surface area (Å²) in [5, 5.41) is 8.48. The van der Waals surface area contributed by atoms with E-state index in [1.165, 1.54) is 4.90 Å². The zero-order valence-corrected chi connectivity index (χ0v) is 10.4. The highest BCUT2D eigenvalue weighted by molar-refractivity contribution is 8.00. The molecule has 1 aliphatic rings. The van der Waals surface area contributed by atoms with E-state index in [9.17, 15) is 4.79 Å². The number of hydrogen-bond acceptors (Lipinski definition) is 3. The predicted octanol–water partition coefficient (Wildman–Crippen LogP) is 2.82. The van der Waals surface area contributed by atoms with E-state index >= 15 is 0 Å². The third-order valence-corrected chi connectivity index (χ3v) is 3.78. The van der Waals surface area contributed by atoms with Crippen LogP contribution in [0.5, 0.6) is 0 Å². The Bertz CT molecular complexity index is 453. The van der Waals surface area contributed by atoms with Crippen molar-refractivity contribution in [3.8, 4) is 6.07 Å². The Morgan fingerprint density at radius 3 is 3.00 bits per heavy atom. The van der Waals surface area contributed by atoms with Crippen molar-refractivity contribution >= 4 is 23.4 Å². The number of carbonyl (C=O) groups excluding carboxylic acids is 1. The summed E-state index contributed by atoms with van der Waals surface area (Å²) in [6, 6.07) is 10.1. The Kier molecular flexibility index (Phi) is 4.05. The second-order valence-corrected chi connectivity index (χ2v) is 4.93. The van der Waals surface area contributed by atoms with Gasteiger partial charge in [-0.3, -0.25) is 4.79 Å². The van der Waals surface area contributed by atoms with Crippen molar-refractivity contribution in [1.82, 2.24) is 0 Å². The quantitative estimate of drug-likeness (QED) is 0.767. The molecule has 2 rings (SSSR count). The summed E-state index contributed by atoms with van der Waals surface area (Å²) >= 11 is 1.60. The number of carbonyl (C=O) groups is 1. The van der Waals surface area contributed by atoms with Gasteiger partial charge < -0.3 is 4.90 Å². The van der Waals surface area contributed by atoms with E-state index in [1.807, 2.05) is 23.1 Å². The minimum absolute atomic E-state index is 0.172. The van der Waals surface area contributed by atoms with E-state index in [0.717, 1.165) is 25.1 Å². The Morgan fingerprint density at radius 2 is 2.18 bits per heavy atom. The van der Waals surface area contributed by atoms with Gasteiger partial charge in [-0.2, -0.15) is 5.26 Å². The van der Waals surface area contributed by atoms with E-state index < -0.39 is 0 Å². The summed E-state index contributed by atoms with van der Waals surface area (Å²) in [7, 11) is 0. The molecule has 0 aromatic heterocycles. The second-order valence-electron chi connectivity index (χ2n) is 3.92. The fraction of sp³-hybridized carbons (Fsp3) is 0.385. The minimum atomic E-state index is 0.172. The number of thioether (sulfide) groups is 1. The summed E-state index contributed by atoms with van der Waals surface area (Å²) in [5.74, 6) is 0.695. The molecule has 0 aliphatic carbocycles. The zero-order valence-electron chi connectivity index (χ0n) is 9.56. The van der Waals surface area contributed by atoms with E-state index in [0.29, 0.717) is 12.2 Å². The molecule has 0 bridgehead atoms. The molecule has 4 heteroatoms. The van der Waals surface area contributed by atoms with Crippen LogP contribution in [0.15, 0.2) is 29.2 Å². The Labute approximate surface area is 105 Å². The molecule has 1 aromatic rings. The summed E-state index contributed by atoms with van der Waals surface area (Å²) in [6.07, 6.45) is 2.31. The summed E-state index contributed by atoms with van der Waals surface area (Å²) < 4.78 is 0. The van der Waals surface area contributed by atoms with Crippen molar-refractivity contribution in [3.05, 3.63) is 24.3 Å². The first-order valence-electron chi connectivity index (χ1n) is 5.72. The molecule has 0 spiro atoms. The molecular formula is C13H14N2OS. The van der Waals surface area contributed by atoms with Crippen LogP contribution in [0.4, 0.5) is 5.69 Å². The van der Waals surface area contributed by atoms with E-state index in [2.05, 4.69) is 12.1 Å². The lowest BCUT2D eigenvalue weighted by Gasteiger charge is -2.28. The minimum Gasteiger partial charge on any atom is -0.311 e. The van der Waals surface area contributed by atoms with E-state index in [-0.39, 0.29) is 5.91 Å². The van der Waals surface area contributed by atoms with Gasteiger partial charge in [-0.05, 0) is 25.0 Å². The van der Waals surface area contributed by atoms with Crippen LogP contribution >= 0.6 is 11.8 Å². The number of benzene rings is 1. The molecule has 3 nitrogen and oxygen atoms in total. The van der Waals surface area contributed by atoms with Crippen LogP contribution in [0.25, 0.3) is 0 Å². The smallest absolute Gasteiger partial charge is 0.237 e. The lowest BCUT2D eigenvalue weighted by Crippen LogP contribution is -2.36. The number of hydrogen-bond donors (Lipinski definition) is 0. The number of rotatable bonds is 4. The van der Waals surface area contributed by atoms with Crippen LogP contribution in [0.1, 0.15) is 19.3 Å². The number of unbranched alkanes of at least 4 members (excludes halogenated alkanes) is 2. The normalized spacial score (nSPS) is 14.3. The van der Waals surface area contributed by atoms with Crippen LogP contribution in [-0.2, 0) is 4.79 Å². The monoisotopic (exact) mass is 246 g/mol. The molecule has 1 aliphatic heterocycles. The number of anilines is 1. The molecule has 0 fully saturated rings. The lowest BCUT2D eigenvalue weighted by molar-refractivity contribution is -0.116. The van der Waals surface area contributed by atoms with Gasteiger partial charge in [-0.25, -0.2) is 0 Å². The van der Waals surface area contributed by atoms with Gasteiger partial charge in [0.05, 0.1) is 17.5 Å². The molecule has 0 saturated carbocycles. The van der Waals surface area contributed by atoms with Crippen LogP contribution in [0.3, 0.4) is 0 Å². The van der Waals surface area contributed by atoms with Crippen molar-refractivity contribution in [2.45, 2.75) is 24.2 Å². The Morgan fingerprint density at radius 1 is 1.35 bits per heavy atom. The topological polar surface area (TPSA) is 44.1 Å². The van der Waals surface area contributed by atoms with Gasteiger partial charge in [-0.1, -0.05) is 12.1 Å². The second kappa shape index (κ2) is 5.74. The van der Waals surface area contributed by atoms with E-state index in [1.54, 1.807) is 11.8 Å². The maximum absolute atomic E-state index is 11.9. The standard InChI is InChI=1S/C13H14N2OS/c14-8-4-1-5-9-15-11-6-2-3-7-12(11)17-10-13(15)16/h2-3,6-7H,1,4-5,9-10H2. The van der Waals surface area contributed by atoms with Crippen molar-refractivity contribution in [1.29, 1.82) is 5.26 Å². The van der Waals surface area contributed by atoms with E-state index in [4.69, 9.17) is 5.26 Å². The first-order chi connectivity index (χ1) is 8.33. The maximum atomic E-state index is 11.9. The third kappa shape index (κ3) is 2.80. The zero-order chi connectivity index (χ0) is 12.1. The van der Waals surface area contributed by atoms with Crippen LogP contribution < -0.4 is 4.90 Å². The molecule has 0 radical (unpaired) electrons. The van der Waals surface area contributed by atoms with Gasteiger partial charge in [0.15, 0.2) is 0 Å². The highest BCUT2D eigenvalue weighted by atomic mass is 32.2. The molecular weight excluding hydrogens is 232 g/mol. The molecule has 0 N–H and O–H groups in total. The number of fused-ring (bicyclic) bond motifs is 1. The highest BCUT2D eigenvalue weighted by Crippen LogP contribution is 2.34. The van der Waals surface area contributed by atoms with Crippen LogP contribution in [0, 0.1) is 11.3 Å². The molecule has 88 valence electrons. The fourth-order valence-electron chi connectivity index (χ4n) is 1.87. The average Bonchev–Trinajstić information content (AvgIpc) is 2.37. The van der Waals surface area contributed by atoms with Crippen LogP contribution in [0.2, 0.25) is 0 Å². The summed E-state index contributed by atoms with van der Waals surface area (Å²) in [4.78, 5) is 14.9. The molecule has 17 heavy (non-hydrogen) atoms. The molecule has 1 aromatic carbocycles. The fourth-order valence-corrected chi connectivity index (χ4v) is 2.81. The molecule has 1 amide bonds. The first kappa shape index (κ1) is 12.0. The first-order valence-corrected chi connectivity index (χ1v) is 6.70. The van der Waals surface area contributed by atoms with Crippen molar-refractivity contribution in [2.24, 2.45) is 0 Å². The number of amides is 1. The third-order valence-electron chi connectivity index (χ3n) is 2.73. The van der Waals surface area contributed by atoms with Gasteiger partial charge in [-0.15, -0.1) is 11.8 Å². The van der Waals surface area contributed by atoms with Crippen LogP contribution in [-0.4, -0.2) is 18.2 Å². The largest absolute Gasteiger partial charge is 0.311 e. The maximum Gasteiger partial charge on any atom is 0.237 e. The van der Waals surface area contributed by atoms with Gasteiger partial charge in [0.1, 0.15) is 0 Å². The number of nitriles is 1. The molecule has 0 unspecified atom stereocenters. The molecule has 0 atom stereocenters. The summed E-state index contributed by atoms with van der Waals surface area (Å²) in [5.41, 5.74) is 1.02. The van der Waals surface area contributed by atoms with Gasteiger partial charge >= 0.3 is 0 Å².